The van der Waals surface area contributed by atoms with Gasteiger partial charge in [-0.1, -0.05) is 24.7 Å². The van der Waals surface area contributed by atoms with E-state index in [1.807, 2.05) is 0 Å². The average Bonchev–Trinajstić information content (AvgIpc) is 2.80. The first kappa shape index (κ1) is 13.4. The predicted molar refractivity (Wildman–Crippen MR) is 66.2 cm³/mol. The van der Waals surface area contributed by atoms with Gasteiger partial charge in [-0.2, -0.15) is 4.68 Å². The van der Waals surface area contributed by atoms with Gasteiger partial charge in [0.25, 0.3) is 0 Å². The molecule has 1 saturated carbocycles. The van der Waals surface area contributed by atoms with Gasteiger partial charge in [0, 0.05) is 11.1 Å². The number of nitrogens with one attached hydrogen (secondary N) is 1. The van der Waals surface area contributed by atoms with Crippen LogP contribution in [0.15, 0.2) is 6.33 Å². The van der Waals surface area contributed by atoms with Crippen LogP contribution in [0.2, 0.25) is 0 Å². The Morgan fingerprint density at radius 2 is 2.32 bits per heavy atom. The summed E-state index contributed by atoms with van der Waals surface area (Å²) in [6.45, 7) is 2.09. The molecular formula is C11H17N5O3. The van der Waals surface area contributed by atoms with Crippen LogP contribution in [0.5, 0.6) is 0 Å². The minimum atomic E-state index is -0.683. The van der Waals surface area contributed by atoms with Crippen molar-refractivity contribution in [3.05, 3.63) is 16.4 Å². The maximum Gasteiger partial charge on any atom is 0.490 e. The van der Waals surface area contributed by atoms with Crippen LogP contribution >= 0.6 is 0 Å². The Bertz CT molecular complexity index is 473. The summed E-state index contributed by atoms with van der Waals surface area (Å²) < 4.78 is 1.18. The summed E-state index contributed by atoms with van der Waals surface area (Å²) in [6.07, 6.45) is 5.65. The van der Waals surface area contributed by atoms with E-state index in [0.717, 1.165) is 19.3 Å². The van der Waals surface area contributed by atoms with Gasteiger partial charge in [-0.05, 0) is 23.7 Å². The fourth-order valence-electron chi connectivity index (χ4n) is 2.37. The predicted octanol–water partition coefficient (Wildman–Crippen LogP) is 0.881. The number of aromatic nitrogens is 3. The molecule has 1 fully saturated rings. The largest absolute Gasteiger partial charge is 0.490 e. The summed E-state index contributed by atoms with van der Waals surface area (Å²) in [6, 6.07) is 0.194. The molecule has 2 atom stereocenters. The summed E-state index contributed by atoms with van der Waals surface area (Å²) in [5.74, 6) is -0.194. The topological polar surface area (TPSA) is 103 Å². The molecule has 1 aromatic heterocycles. The fraction of sp³-hybridized carbons (Fsp3) is 0.727. The molecule has 0 radical (unpaired) electrons. The highest BCUT2D eigenvalue weighted by molar-refractivity contribution is 5.75. The van der Waals surface area contributed by atoms with Gasteiger partial charge in [-0.15, -0.1) is 0 Å². The number of nitrogens with zero attached hydrogens (tertiary/aromatic N) is 4. The Morgan fingerprint density at radius 1 is 1.58 bits per heavy atom. The van der Waals surface area contributed by atoms with Crippen LogP contribution in [0.1, 0.15) is 32.6 Å². The first-order chi connectivity index (χ1) is 9.06. The smallest absolute Gasteiger partial charge is 0.390 e. The summed E-state index contributed by atoms with van der Waals surface area (Å²) in [4.78, 5) is 25.1. The van der Waals surface area contributed by atoms with Crippen molar-refractivity contribution in [1.29, 1.82) is 0 Å². The zero-order valence-electron chi connectivity index (χ0n) is 10.8. The Kier molecular flexibility index (Phi) is 4.08. The monoisotopic (exact) mass is 267 g/mol. The molecule has 19 heavy (non-hydrogen) atoms. The molecule has 1 heterocycles. The van der Waals surface area contributed by atoms with E-state index in [2.05, 4.69) is 22.3 Å². The molecule has 1 aromatic rings. The number of carbonyl (C=O) groups is 1. The number of hydrogen-bond donors (Lipinski definition) is 1. The van der Waals surface area contributed by atoms with Crippen molar-refractivity contribution < 1.29 is 9.72 Å². The lowest BCUT2D eigenvalue weighted by Gasteiger charge is -2.29. The normalized spacial score (nSPS) is 23.0. The fourth-order valence-corrected chi connectivity index (χ4v) is 2.37. The summed E-state index contributed by atoms with van der Waals surface area (Å²) in [5, 5.41) is 17.0. The Balaban J connectivity index is 1.87. The van der Waals surface area contributed by atoms with E-state index < -0.39 is 10.9 Å². The van der Waals surface area contributed by atoms with Gasteiger partial charge in [0.05, 0.1) is 0 Å². The molecule has 104 valence electrons. The maximum atomic E-state index is 11.8. The Hall–Kier alpha value is -1.99. The third-order valence-electron chi connectivity index (χ3n) is 3.45. The zero-order chi connectivity index (χ0) is 13.8. The van der Waals surface area contributed by atoms with Crippen molar-refractivity contribution in [2.24, 2.45) is 5.92 Å². The van der Waals surface area contributed by atoms with Crippen LogP contribution in [0.25, 0.3) is 0 Å². The molecule has 0 bridgehead atoms. The molecule has 1 aliphatic rings. The van der Waals surface area contributed by atoms with Gasteiger partial charge in [0.15, 0.2) is 0 Å². The highest BCUT2D eigenvalue weighted by atomic mass is 16.6. The SMILES string of the molecule is C[C@@H]1CCCC[C@@H]1NC(=O)Cn1cnc([N+](=O)[O-])n1. The number of rotatable bonds is 4. The van der Waals surface area contributed by atoms with E-state index >= 15 is 0 Å². The van der Waals surface area contributed by atoms with Crippen LogP contribution in [-0.4, -0.2) is 31.6 Å². The van der Waals surface area contributed by atoms with Gasteiger partial charge < -0.3 is 15.4 Å². The minimum Gasteiger partial charge on any atom is -0.390 e. The van der Waals surface area contributed by atoms with Gasteiger partial charge in [0.1, 0.15) is 6.54 Å². The van der Waals surface area contributed by atoms with Gasteiger partial charge in [0.2, 0.25) is 12.2 Å². The molecule has 2 rings (SSSR count). The van der Waals surface area contributed by atoms with Gasteiger partial charge in [-0.25, -0.2) is 0 Å². The maximum absolute atomic E-state index is 11.8. The second-order valence-corrected chi connectivity index (χ2v) is 4.94. The van der Waals surface area contributed by atoms with Gasteiger partial charge in [-0.3, -0.25) is 4.79 Å². The summed E-state index contributed by atoms with van der Waals surface area (Å²) in [7, 11) is 0. The lowest BCUT2D eigenvalue weighted by molar-refractivity contribution is -0.394. The van der Waals surface area contributed by atoms with Crippen molar-refractivity contribution in [2.75, 3.05) is 0 Å². The van der Waals surface area contributed by atoms with E-state index in [1.165, 1.54) is 17.4 Å². The van der Waals surface area contributed by atoms with Crippen molar-refractivity contribution in [2.45, 2.75) is 45.2 Å². The first-order valence-corrected chi connectivity index (χ1v) is 6.39. The third-order valence-corrected chi connectivity index (χ3v) is 3.45. The Labute approximate surface area is 110 Å². The van der Waals surface area contributed by atoms with Crippen LogP contribution in [0.3, 0.4) is 0 Å². The molecule has 0 saturated heterocycles. The molecular weight excluding hydrogens is 250 g/mol. The van der Waals surface area contributed by atoms with Crippen molar-refractivity contribution >= 4 is 11.9 Å². The standard InChI is InChI=1S/C11H17N5O3/c1-8-4-2-3-5-9(8)13-10(17)6-15-7-12-11(14-15)16(18)19/h7-9H,2-6H2,1H3,(H,13,17)/t8-,9+/m1/s1. The first-order valence-electron chi connectivity index (χ1n) is 6.39. The molecule has 8 heteroatoms. The minimum absolute atomic E-state index is 0.0376. The van der Waals surface area contributed by atoms with Crippen LogP contribution in [-0.2, 0) is 11.3 Å². The lowest BCUT2D eigenvalue weighted by atomic mass is 9.86. The van der Waals surface area contributed by atoms with E-state index in [0.29, 0.717) is 5.92 Å². The highest BCUT2D eigenvalue weighted by Gasteiger charge is 2.23. The van der Waals surface area contributed by atoms with E-state index in [4.69, 9.17) is 0 Å². The van der Waals surface area contributed by atoms with Crippen LogP contribution in [0, 0.1) is 16.0 Å². The van der Waals surface area contributed by atoms with Gasteiger partial charge >= 0.3 is 5.95 Å². The molecule has 1 amide bonds. The molecule has 0 aromatic carbocycles. The number of amides is 1. The van der Waals surface area contributed by atoms with Crippen LogP contribution < -0.4 is 5.32 Å². The van der Waals surface area contributed by atoms with Crippen molar-refractivity contribution in [3.8, 4) is 0 Å². The molecule has 1 aliphatic carbocycles. The average molecular weight is 267 g/mol. The van der Waals surface area contributed by atoms with E-state index in [9.17, 15) is 14.9 Å². The van der Waals surface area contributed by atoms with E-state index in [-0.39, 0.29) is 18.5 Å². The van der Waals surface area contributed by atoms with Crippen LogP contribution in [0.4, 0.5) is 5.95 Å². The number of nitro groups is 1. The zero-order valence-corrected chi connectivity index (χ0v) is 10.8. The quantitative estimate of drug-likeness (QED) is 0.644. The molecule has 0 unspecified atom stereocenters. The second kappa shape index (κ2) is 5.77. The van der Waals surface area contributed by atoms with E-state index in [1.54, 1.807) is 0 Å². The highest BCUT2D eigenvalue weighted by Crippen LogP contribution is 2.23. The van der Waals surface area contributed by atoms with Crippen molar-refractivity contribution in [3.63, 3.8) is 0 Å². The second-order valence-electron chi connectivity index (χ2n) is 4.94. The number of carbonyl (C=O) groups excluding carboxylic acids is 1. The third kappa shape index (κ3) is 3.49. The molecule has 1 N–H and O–H groups in total. The summed E-state index contributed by atoms with van der Waals surface area (Å²) in [5.41, 5.74) is 0. The molecule has 0 spiro atoms. The molecule has 0 aliphatic heterocycles. The van der Waals surface area contributed by atoms with Crippen molar-refractivity contribution in [1.82, 2.24) is 20.1 Å². The lowest BCUT2D eigenvalue weighted by Crippen LogP contribution is -2.42. The Morgan fingerprint density at radius 3 is 2.95 bits per heavy atom. The number of hydrogen-bond acceptors (Lipinski definition) is 5. The summed E-state index contributed by atoms with van der Waals surface area (Å²) >= 11 is 0. The molecule has 8 nitrogen and oxygen atoms in total.